The molecule has 29 heavy (non-hydrogen) atoms. The van der Waals surface area contributed by atoms with E-state index in [1.54, 1.807) is 0 Å². The zero-order valence-corrected chi connectivity index (χ0v) is 17.7. The van der Waals surface area contributed by atoms with Gasteiger partial charge in [0, 0.05) is 11.1 Å². The third kappa shape index (κ3) is 3.67. The standard InChI is InChI=1S/C27H28O2/c1-5-27(3,4)29-24-18-16-20-12-8-10-14-22(20)26(24)25-21-13-9-7-11-19(21)15-17-23(25)28-6-2/h7-18H,5-6H2,1-4H3. The maximum Gasteiger partial charge on any atom is 0.128 e. The van der Waals surface area contributed by atoms with E-state index in [-0.39, 0.29) is 5.60 Å². The van der Waals surface area contributed by atoms with Crippen LogP contribution in [-0.2, 0) is 0 Å². The summed E-state index contributed by atoms with van der Waals surface area (Å²) in [7, 11) is 0. The minimum atomic E-state index is -0.256. The highest BCUT2D eigenvalue weighted by Gasteiger charge is 2.23. The molecule has 0 fully saturated rings. The summed E-state index contributed by atoms with van der Waals surface area (Å²) in [6, 6.07) is 25.4. The Hall–Kier alpha value is -3.00. The third-order valence-electron chi connectivity index (χ3n) is 5.57. The van der Waals surface area contributed by atoms with Crippen molar-refractivity contribution in [1.82, 2.24) is 0 Å². The first-order chi connectivity index (χ1) is 14.0. The molecule has 2 heteroatoms. The molecule has 0 saturated carbocycles. The molecule has 0 unspecified atom stereocenters. The van der Waals surface area contributed by atoms with Crippen LogP contribution in [-0.4, -0.2) is 12.2 Å². The van der Waals surface area contributed by atoms with Crippen molar-refractivity contribution >= 4 is 21.5 Å². The zero-order chi connectivity index (χ0) is 20.4. The van der Waals surface area contributed by atoms with Crippen LogP contribution >= 0.6 is 0 Å². The van der Waals surface area contributed by atoms with Gasteiger partial charge in [0.05, 0.1) is 6.61 Å². The van der Waals surface area contributed by atoms with E-state index >= 15 is 0 Å². The summed E-state index contributed by atoms with van der Waals surface area (Å²) in [6.07, 6.45) is 0.924. The molecule has 0 spiro atoms. The largest absolute Gasteiger partial charge is 0.493 e. The Balaban J connectivity index is 2.11. The Morgan fingerprint density at radius 1 is 0.655 bits per heavy atom. The average Bonchev–Trinajstić information content (AvgIpc) is 2.74. The first-order valence-electron chi connectivity index (χ1n) is 10.4. The average molecular weight is 385 g/mol. The molecule has 4 aromatic carbocycles. The van der Waals surface area contributed by atoms with Crippen molar-refractivity contribution in [3.63, 3.8) is 0 Å². The summed E-state index contributed by atoms with van der Waals surface area (Å²) in [5.41, 5.74) is 1.95. The monoisotopic (exact) mass is 384 g/mol. The molecule has 0 saturated heterocycles. The third-order valence-corrected chi connectivity index (χ3v) is 5.57. The lowest BCUT2D eigenvalue weighted by Crippen LogP contribution is -2.27. The van der Waals surface area contributed by atoms with E-state index in [2.05, 4.69) is 93.6 Å². The first-order valence-corrected chi connectivity index (χ1v) is 10.4. The topological polar surface area (TPSA) is 18.5 Å². The second-order valence-corrected chi connectivity index (χ2v) is 7.97. The molecule has 0 aliphatic carbocycles. The second kappa shape index (κ2) is 7.79. The molecule has 0 bridgehead atoms. The van der Waals surface area contributed by atoms with Crippen molar-refractivity contribution in [2.75, 3.05) is 6.61 Å². The van der Waals surface area contributed by atoms with Crippen LogP contribution in [0, 0.1) is 0 Å². The Kier molecular flexibility index (Phi) is 5.19. The molecule has 4 rings (SSSR count). The maximum atomic E-state index is 6.57. The van der Waals surface area contributed by atoms with Gasteiger partial charge >= 0.3 is 0 Å². The van der Waals surface area contributed by atoms with Crippen LogP contribution in [0.4, 0.5) is 0 Å². The van der Waals surface area contributed by atoms with E-state index in [1.165, 1.54) is 21.5 Å². The highest BCUT2D eigenvalue weighted by Crippen LogP contribution is 2.46. The van der Waals surface area contributed by atoms with Crippen molar-refractivity contribution in [3.05, 3.63) is 72.8 Å². The summed E-state index contributed by atoms with van der Waals surface area (Å²) in [6.45, 7) is 9.08. The summed E-state index contributed by atoms with van der Waals surface area (Å²) in [4.78, 5) is 0. The molecule has 0 aliphatic heterocycles. The Morgan fingerprint density at radius 3 is 1.72 bits per heavy atom. The molecular weight excluding hydrogens is 356 g/mol. The number of hydrogen-bond acceptors (Lipinski definition) is 2. The van der Waals surface area contributed by atoms with Crippen LogP contribution in [0.3, 0.4) is 0 Å². The Morgan fingerprint density at radius 2 is 1.17 bits per heavy atom. The molecular formula is C27H28O2. The fraction of sp³-hybridized carbons (Fsp3) is 0.259. The molecule has 148 valence electrons. The van der Waals surface area contributed by atoms with Gasteiger partial charge in [0.1, 0.15) is 17.1 Å². The molecule has 0 N–H and O–H groups in total. The molecule has 0 atom stereocenters. The highest BCUT2D eigenvalue weighted by molar-refractivity contribution is 6.09. The lowest BCUT2D eigenvalue weighted by Gasteiger charge is -2.28. The fourth-order valence-electron chi connectivity index (χ4n) is 3.75. The van der Waals surface area contributed by atoms with Crippen molar-refractivity contribution in [3.8, 4) is 22.6 Å². The SMILES string of the molecule is CCOc1ccc2ccccc2c1-c1c(OC(C)(C)CC)ccc2ccccc12. The van der Waals surface area contributed by atoms with Crippen molar-refractivity contribution in [1.29, 1.82) is 0 Å². The molecule has 2 nitrogen and oxygen atoms in total. The van der Waals surface area contributed by atoms with E-state index in [0.717, 1.165) is 29.0 Å². The van der Waals surface area contributed by atoms with Crippen molar-refractivity contribution in [2.24, 2.45) is 0 Å². The van der Waals surface area contributed by atoms with Gasteiger partial charge in [-0.3, -0.25) is 0 Å². The minimum absolute atomic E-state index is 0.256. The predicted octanol–water partition coefficient (Wildman–Crippen LogP) is 7.63. The predicted molar refractivity (Wildman–Crippen MR) is 123 cm³/mol. The van der Waals surface area contributed by atoms with E-state index in [1.807, 2.05) is 6.92 Å². The molecule has 0 heterocycles. The maximum absolute atomic E-state index is 6.57. The lowest BCUT2D eigenvalue weighted by atomic mass is 9.92. The molecule has 0 radical (unpaired) electrons. The summed E-state index contributed by atoms with van der Waals surface area (Å²) < 4.78 is 12.7. The zero-order valence-electron chi connectivity index (χ0n) is 17.7. The van der Waals surface area contributed by atoms with Crippen LogP contribution in [0.1, 0.15) is 34.1 Å². The van der Waals surface area contributed by atoms with Gasteiger partial charge in [0.25, 0.3) is 0 Å². The Labute approximate surface area is 173 Å². The van der Waals surface area contributed by atoms with Gasteiger partial charge in [-0.25, -0.2) is 0 Å². The van der Waals surface area contributed by atoms with Crippen molar-refractivity contribution < 1.29 is 9.47 Å². The minimum Gasteiger partial charge on any atom is -0.493 e. The van der Waals surface area contributed by atoms with Gasteiger partial charge < -0.3 is 9.47 Å². The van der Waals surface area contributed by atoms with Crippen LogP contribution < -0.4 is 9.47 Å². The summed E-state index contributed by atoms with van der Waals surface area (Å²) in [5.74, 6) is 1.79. The van der Waals surface area contributed by atoms with Gasteiger partial charge in [-0.1, -0.05) is 67.6 Å². The quantitative estimate of drug-likeness (QED) is 0.340. The fourth-order valence-corrected chi connectivity index (χ4v) is 3.75. The van der Waals surface area contributed by atoms with Crippen LogP contribution in [0.25, 0.3) is 32.7 Å². The smallest absolute Gasteiger partial charge is 0.128 e. The summed E-state index contributed by atoms with van der Waals surface area (Å²) >= 11 is 0. The van der Waals surface area contributed by atoms with Crippen LogP contribution in [0.15, 0.2) is 72.8 Å². The van der Waals surface area contributed by atoms with Crippen LogP contribution in [0.5, 0.6) is 11.5 Å². The molecule has 0 amide bonds. The van der Waals surface area contributed by atoms with Gasteiger partial charge in [0.2, 0.25) is 0 Å². The normalized spacial score (nSPS) is 11.7. The highest BCUT2D eigenvalue weighted by atomic mass is 16.5. The molecule has 4 aromatic rings. The number of rotatable bonds is 6. The van der Waals surface area contributed by atoms with Gasteiger partial charge in [0.15, 0.2) is 0 Å². The first kappa shape index (κ1) is 19.3. The molecule has 0 aromatic heterocycles. The van der Waals surface area contributed by atoms with E-state index < -0.39 is 0 Å². The van der Waals surface area contributed by atoms with E-state index in [9.17, 15) is 0 Å². The number of benzene rings is 4. The second-order valence-electron chi connectivity index (χ2n) is 7.97. The van der Waals surface area contributed by atoms with E-state index in [4.69, 9.17) is 9.47 Å². The van der Waals surface area contributed by atoms with Crippen LogP contribution in [0.2, 0.25) is 0 Å². The summed E-state index contributed by atoms with van der Waals surface area (Å²) in [5, 5.41) is 4.74. The van der Waals surface area contributed by atoms with E-state index in [0.29, 0.717) is 6.61 Å². The van der Waals surface area contributed by atoms with Gasteiger partial charge in [-0.2, -0.15) is 0 Å². The lowest BCUT2D eigenvalue weighted by molar-refractivity contribution is 0.106. The number of fused-ring (bicyclic) bond motifs is 2. The van der Waals surface area contributed by atoms with Gasteiger partial charge in [-0.15, -0.1) is 0 Å². The van der Waals surface area contributed by atoms with Crippen molar-refractivity contribution in [2.45, 2.75) is 39.7 Å². The Bertz CT molecular complexity index is 1160. The van der Waals surface area contributed by atoms with Gasteiger partial charge in [-0.05, 0) is 60.9 Å². The number of hydrogen-bond donors (Lipinski definition) is 0. The number of ether oxygens (including phenoxy) is 2. The molecule has 0 aliphatic rings.